The van der Waals surface area contributed by atoms with Crippen LogP contribution in [-0.2, 0) is 0 Å². The van der Waals surface area contributed by atoms with Gasteiger partial charge in [-0.1, -0.05) is 18.2 Å². The third-order valence-corrected chi connectivity index (χ3v) is 1.88. The van der Waals surface area contributed by atoms with Crippen LogP contribution >= 0.6 is 22.6 Å². The highest BCUT2D eigenvalue weighted by Gasteiger charge is 1.74. The summed E-state index contributed by atoms with van der Waals surface area (Å²) in [7, 11) is 0. The van der Waals surface area contributed by atoms with E-state index in [1.165, 1.54) is 3.57 Å². The number of benzene rings is 1. The second kappa shape index (κ2) is 5.83. The van der Waals surface area contributed by atoms with Crippen LogP contribution in [0.3, 0.4) is 0 Å². The van der Waals surface area contributed by atoms with Crippen molar-refractivity contribution in [2.75, 3.05) is 0 Å². The van der Waals surface area contributed by atoms with E-state index in [1.54, 1.807) is 12.5 Å². The molecule has 0 N–H and O–H groups in total. The van der Waals surface area contributed by atoms with E-state index >= 15 is 0 Å². The fourth-order valence-corrected chi connectivity index (χ4v) is 1.06. The lowest BCUT2D eigenvalue weighted by atomic mass is 10.4. The average molecular weight is 272 g/mol. The highest BCUT2D eigenvalue weighted by Crippen LogP contribution is 1.99. The van der Waals surface area contributed by atoms with Gasteiger partial charge in [0.25, 0.3) is 0 Å². The number of hydrogen-bond donors (Lipinski definition) is 0. The van der Waals surface area contributed by atoms with E-state index in [2.05, 4.69) is 39.1 Å². The molecule has 0 fully saturated rings. The number of hydrogen-bond acceptors (Lipinski definition) is 1. The fraction of sp³-hybridized carbons (Fsp3) is 0. The minimum absolute atomic E-state index is 1.29. The van der Waals surface area contributed by atoms with Crippen LogP contribution in [0.2, 0.25) is 0 Å². The summed E-state index contributed by atoms with van der Waals surface area (Å²) in [5.41, 5.74) is 0. The summed E-state index contributed by atoms with van der Waals surface area (Å²) < 4.78 is 5.88. The van der Waals surface area contributed by atoms with Gasteiger partial charge >= 0.3 is 0 Å². The molecule has 0 amide bonds. The zero-order valence-corrected chi connectivity index (χ0v) is 8.64. The van der Waals surface area contributed by atoms with Crippen LogP contribution in [0.5, 0.6) is 0 Å². The highest BCUT2D eigenvalue weighted by molar-refractivity contribution is 14.1. The second-order valence-corrected chi connectivity index (χ2v) is 3.33. The SMILES string of the molecule is Ic1ccccc1.c1ccoc1. The molecule has 2 aromatic rings. The first kappa shape index (κ1) is 9.32. The lowest BCUT2D eigenvalue weighted by Crippen LogP contribution is -1.61. The first-order valence-electron chi connectivity index (χ1n) is 3.57. The quantitative estimate of drug-likeness (QED) is 0.668. The lowest BCUT2D eigenvalue weighted by molar-refractivity contribution is 0.567. The Kier molecular flexibility index (Phi) is 4.52. The Morgan fingerprint density at radius 1 is 0.833 bits per heavy atom. The summed E-state index contributed by atoms with van der Waals surface area (Å²) in [6.07, 6.45) is 3.25. The minimum Gasteiger partial charge on any atom is -0.473 e. The average Bonchev–Trinajstić information content (AvgIpc) is 2.62. The van der Waals surface area contributed by atoms with Crippen molar-refractivity contribution in [3.63, 3.8) is 0 Å². The Bertz CT molecular complexity index is 259. The van der Waals surface area contributed by atoms with Gasteiger partial charge in [0.2, 0.25) is 0 Å². The van der Waals surface area contributed by atoms with Crippen molar-refractivity contribution in [2.24, 2.45) is 0 Å². The summed E-state index contributed by atoms with van der Waals surface area (Å²) in [4.78, 5) is 0. The molecule has 0 saturated carbocycles. The Morgan fingerprint density at radius 3 is 1.67 bits per heavy atom. The topological polar surface area (TPSA) is 13.1 Å². The Morgan fingerprint density at radius 2 is 1.42 bits per heavy atom. The normalized spacial score (nSPS) is 8.42. The van der Waals surface area contributed by atoms with E-state index in [0.29, 0.717) is 0 Å². The Balaban J connectivity index is 0.000000127. The van der Waals surface area contributed by atoms with Crippen molar-refractivity contribution in [1.29, 1.82) is 0 Å². The minimum atomic E-state index is 1.29. The summed E-state index contributed by atoms with van der Waals surface area (Å²) in [5.74, 6) is 0. The molecule has 0 aliphatic carbocycles. The predicted molar refractivity (Wildman–Crippen MR) is 57.9 cm³/mol. The van der Waals surface area contributed by atoms with Crippen LogP contribution in [0.15, 0.2) is 59.4 Å². The number of halogens is 1. The molecule has 0 aliphatic heterocycles. The fourth-order valence-electron chi connectivity index (χ4n) is 0.641. The van der Waals surface area contributed by atoms with Crippen molar-refractivity contribution in [3.8, 4) is 0 Å². The van der Waals surface area contributed by atoms with Gasteiger partial charge in [0.15, 0.2) is 0 Å². The summed E-state index contributed by atoms with van der Waals surface area (Å²) >= 11 is 2.28. The van der Waals surface area contributed by atoms with Gasteiger partial charge in [0.05, 0.1) is 12.5 Å². The summed E-state index contributed by atoms with van der Waals surface area (Å²) in [6, 6.07) is 13.9. The molecule has 2 rings (SSSR count). The van der Waals surface area contributed by atoms with Crippen LogP contribution in [0.1, 0.15) is 0 Å². The van der Waals surface area contributed by atoms with Gasteiger partial charge in [-0.3, -0.25) is 0 Å². The van der Waals surface area contributed by atoms with Gasteiger partial charge in [-0.05, 0) is 46.9 Å². The number of rotatable bonds is 0. The van der Waals surface area contributed by atoms with E-state index in [9.17, 15) is 0 Å². The predicted octanol–water partition coefficient (Wildman–Crippen LogP) is 3.57. The van der Waals surface area contributed by atoms with Gasteiger partial charge in [-0.15, -0.1) is 0 Å². The van der Waals surface area contributed by atoms with Crippen molar-refractivity contribution < 1.29 is 4.42 Å². The largest absolute Gasteiger partial charge is 0.473 e. The van der Waals surface area contributed by atoms with Crippen LogP contribution < -0.4 is 0 Å². The van der Waals surface area contributed by atoms with Crippen LogP contribution in [0.25, 0.3) is 0 Å². The van der Waals surface area contributed by atoms with Gasteiger partial charge in [-0.25, -0.2) is 0 Å². The summed E-state index contributed by atoms with van der Waals surface area (Å²) in [5, 5.41) is 0. The van der Waals surface area contributed by atoms with E-state index < -0.39 is 0 Å². The van der Waals surface area contributed by atoms with E-state index in [-0.39, 0.29) is 0 Å². The molecule has 62 valence electrons. The molecule has 1 aromatic carbocycles. The van der Waals surface area contributed by atoms with Crippen molar-refractivity contribution in [3.05, 3.63) is 58.6 Å². The van der Waals surface area contributed by atoms with Crippen LogP contribution in [0.4, 0.5) is 0 Å². The molecule has 1 nitrogen and oxygen atoms in total. The maximum absolute atomic E-state index is 4.58. The lowest BCUT2D eigenvalue weighted by Gasteiger charge is -1.80. The first-order chi connectivity index (χ1) is 5.89. The van der Waals surface area contributed by atoms with Crippen molar-refractivity contribution in [2.45, 2.75) is 0 Å². The van der Waals surface area contributed by atoms with Crippen molar-refractivity contribution >= 4 is 22.6 Å². The molecule has 1 aromatic heterocycles. The molecule has 1 heterocycles. The Labute approximate surface area is 85.6 Å². The molecule has 0 unspecified atom stereocenters. The molecule has 0 spiro atoms. The number of furan rings is 1. The zero-order valence-electron chi connectivity index (χ0n) is 6.48. The molecule has 2 heteroatoms. The van der Waals surface area contributed by atoms with E-state index in [1.807, 2.05) is 30.3 Å². The monoisotopic (exact) mass is 272 g/mol. The Hall–Kier alpha value is -0.770. The molecule has 12 heavy (non-hydrogen) atoms. The zero-order chi connectivity index (χ0) is 8.65. The maximum atomic E-state index is 4.58. The van der Waals surface area contributed by atoms with E-state index in [4.69, 9.17) is 0 Å². The third-order valence-electron chi connectivity index (χ3n) is 1.16. The van der Waals surface area contributed by atoms with Gasteiger partial charge in [0.1, 0.15) is 0 Å². The smallest absolute Gasteiger partial charge is 0.0902 e. The van der Waals surface area contributed by atoms with Crippen LogP contribution in [0, 0.1) is 3.57 Å². The van der Waals surface area contributed by atoms with Gasteiger partial charge in [0, 0.05) is 3.57 Å². The highest BCUT2D eigenvalue weighted by atomic mass is 127. The molecule has 0 saturated heterocycles. The maximum Gasteiger partial charge on any atom is 0.0902 e. The third kappa shape index (κ3) is 4.18. The molecular formula is C10H9IO. The molecule has 0 aliphatic rings. The standard InChI is InChI=1S/C6H5I.C4H4O/c7-6-4-2-1-3-5-6;1-2-4-5-3-1/h1-5H;1-4H. The van der Waals surface area contributed by atoms with Gasteiger partial charge < -0.3 is 4.42 Å². The van der Waals surface area contributed by atoms with E-state index in [0.717, 1.165) is 0 Å². The summed E-state index contributed by atoms with van der Waals surface area (Å²) in [6.45, 7) is 0. The van der Waals surface area contributed by atoms with Gasteiger partial charge in [-0.2, -0.15) is 0 Å². The van der Waals surface area contributed by atoms with Crippen molar-refractivity contribution in [1.82, 2.24) is 0 Å². The molecule has 0 bridgehead atoms. The molecule has 0 atom stereocenters. The molecular weight excluding hydrogens is 263 g/mol. The second-order valence-electron chi connectivity index (χ2n) is 2.09. The first-order valence-corrected chi connectivity index (χ1v) is 4.65. The molecule has 0 radical (unpaired) electrons. The van der Waals surface area contributed by atoms with Crippen LogP contribution in [-0.4, -0.2) is 0 Å².